The van der Waals surface area contributed by atoms with Gasteiger partial charge in [0.15, 0.2) is 0 Å². The van der Waals surface area contributed by atoms with E-state index < -0.39 is 5.41 Å². The fourth-order valence-corrected chi connectivity index (χ4v) is 0.884. The average Bonchev–Trinajstić information content (AvgIpc) is 2.05. The molecule has 0 atom stereocenters. The second kappa shape index (κ2) is 5.43. The summed E-state index contributed by atoms with van der Waals surface area (Å²) in [5, 5.41) is 11.6. The molecule has 0 unspecified atom stereocenters. The van der Waals surface area contributed by atoms with Gasteiger partial charge in [-0.1, -0.05) is 0 Å². The molecule has 0 aromatic carbocycles. The van der Waals surface area contributed by atoms with Gasteiger partial charge in [0.2, 0.25) is 5.91 Å². The Balaban J connectivity index is 3.72. The van der Waals surface area contributed by atoms with Gasteiger partial charge in [-0.05, 0) is 20.1 Å². The maximum absolute atomic E-state index is 11.3. The van der Waals surface area contributed by atoms with E-state index in [-0.39, 0.29) is 12.5 Å². The molecule has 0 aliphatic heterocycles. The molecule has 4 heteroatoms. The van der Waals surface area contributed by atoms with Crippen LogP contribution in [0.2, 0.25) is 0 Å². The number of amides is 1. The Morgan fingerprint density at radius 3 is 2.58 bits per heavy atom. The molecule has 0 saturated carbocycles. The monoisotopic (exact) mass is 191 g/mol. The van der Waals surface area contributed by atoms with Crippen molar-refractivity contribution in [3.05, 3.63) is 0 Å². The lowest BCUT2D eigenvalue weighted by Crippen LogP contribution is -2.40. The zero-order chi connectivity index (χ0) is 9.61. The van der Waals surface area contributed by atoms with Crippen LogP contribution in [0.4, 0.5) is 0 Å². The molecule has 1 amide bonds. The summed E-state index contributed by atoms with van der Waals surface area (Å²) >= 11 is 1.68. The molecule has 2 N–H and O–H groups in total. The summed E-state index contributed by atoms with van der Waals surface area (Å²) in [7, 11) is 0. The first-order chi connectivity index (χ1) is 5.54. The molecule has 12 heavy (non-hydrogen) atoms. The molecule has 3 nitrogen and oxygen atoms in total. The molecule has 0 fully saturated rings. The Labute approximate surface area is 77.9 Å². The Hall–Kier alpha value is -0.220. The molecule has 0 aromatic rings. The number of aliphatic hydroxyl groups excluding tert-OH is 1. The van der Waals surface area contributed by atoms with Crippen LogP contribution in [-0.4, -0.2) is 36.2 Å². The van der Waals surface area contributed by atoms with Crippen molar-refractivity contribution < 1.29 is 9.90 Å². The highest BCUT2D eigenvalue weighted by molar-refractivity contribution is 7.98. The van der Waals surface area contributed by atoms with Gasteiger partial charge in [0.1, 0.15) is 0 Å². The van der Waals surface area contributed by atoms with Crippen LogP contribution >= 0.6 is 11.8 Å². The van der Waals surface area contributed by atoms with Crippen molar-refractivity contribution in [2.75, 3.05) is 25.2 Å². The fraction of sp³-hybridized carbons (Fsp3) is 0.875. The minimum absolute atomic E-state index is 0.0842. The van der Waals surface area contributed by atoms with Gasteiger partial charge in [-0.25, -0.2) is 0 Å². The molecule has 0 bridgehead atoms. The summed E-state index contributed by atoms with van der Waals surface area (Å²) in [6, 6.07) is 0. The second-order valence-electron chi connectivity index (χ2n) is 3.29. The standard InChI is InChI=1S/C8H17NO2S/c1-8(2,6-10)7(11)9-4-5-12-3/h10H,4-6H2,1-3H3,(H,9,11). The van der Waals surface area contributed by atoms with E-state index in [0.29, 0.717) is 6.54 Å². The largest absolute Gasteiger partial charge is 0.395 e. The first kappa shape index (κ1) is 11.8. The topological polar surface area (TPSA) is 49.3 Å². The SMILES string of the molecule is CSCCNC(=O)C(C)(C)CO. The minimum atomic E-state index is -0.654. The van der Waals surface area contributed by atoms with Crippen LogP contribution in [0.3, 0.4) is 0 Å². The summed E-state index contributed by atoms with van der Waals surface area (Å²) in [4.78, 5) is 11.3. The summed E-state index contributed by atoms with van der Waals surface area (Å²) < 4.78 is 0. The molecule has 0 rings (SSSR count). The van der Waals surface area contributed by atoms with Crippen molar-refractivity contribution in [3.63, 3.8) is 0 Å². The maximum Gasteiger partial charge on any atom is 0.228 e. The van der Waals surface area contributed by atoms with Gasteiger partial charge in [-0.2, -0.15) is 11.8 Å². The number of carbonyl (C=O) groups is 1. The number of thioether (sulfide) groups is 1. The summed E-state index contributed by atoms with van der Waals surface area (Å²) in [5.74, 6) is 0.826. The molecule has 0 aliphatic rings. The van der Waals surface area contributed by atoms with E-state index in [0.717, 1.165) is 5.75 Å². The van der Waals surface area contributed by atoms with Crippen LogP contribution in [0.5, 0.6) is 0 Å². The van der Waals surface area contributed by atoms with Gasteiger partial charge in [0, 0.05) is 12.3 Å². The lowest BCUT2D eigenvalue weighted by Gasteiger charge is -2.20. The van der Waals surface area contributed by atoms with E-state index in [2.05, 4.69) is 5.32 Å². The van der Waals surface area contributed by atoms with Crippen LogP contribution in [0.15, 0.2) is 0 Å². The van der Waals surface area contributed by atoms with Crippen molar-refractivity contribution in [2.45, 2.75) is 13.8 Å². The number of carbonyl (C=O) groups excluding carboxylic acids is 1. The molecular weight excluding hydrogens is 174 g/mol. The summed E-state index contributed by atoms with van der Waals surface area (Å²) in [6.07, 6.45) is 1.99. The van der Waals surface area contributed by atoms with E-state index >= 15 is 0 Å². The van der Waals surface area contributed by atoms with Crippen molar-refractivity contribution in [1.29, 1.82) is 0 Å². The lowest BCUT2D eigenvalue weighted by molar-refractivity contribution is -0.131. The van der Waals surface area contributed by atoms with Crippen molar-refractivity contribution in [2.24, 2.45) is 5.41 Å². The predicted octanol–water partition coefficient (Wildman–Crippen LogP) is 0.484. The molecule has 0 spiro atoms. The van der Waals surface area contributed by atoms with Crippen molar-refractivity contribution in [1.82, 2.24) is 5.32 Å². The quantitative estimate of drug-likeness (QED) is 0.622. The van der Waals surface area contributed by atoms with Gasteiger partial charge in [0.25, 0.3) is 0 Å². The molecule has 0 radical (unpaired) electrons. The van der Waals surface area contributed by atoms with Crippen molar-refractivity contribution in [3.8, 4) is 0 Å². The molecule has 0 aromatic heterocycles. The number of hydrogen-bond acceptors (Lipinski definition) is 3. The Morgan fingerprint density at radius 2 is 2.17 bits per heavy atom. The molecule has 0 heterocycles. The Bertz CT molecular complexity index is 148. The van der Waals surface area contributed by atoms with Gasteiger partial charge >= 0.3 is 0 Å². The third-order valence-corrected chi connectivity index (χ3v) is 2.21. The van der Waals surface area contributed by atoms with E-state index in [1.54, 1.807) is 25.6 Å². The number of rotatable bonds is 5. The highest BCUT2D eigenvalue weighted by Gasteiger charge is 2.25. The normalized spacial score (nSPS) is 11.3. The van der Waals surface area contributed by atoms with Crippen LogP contribution in [-0.2, 0) is 4.79 Å². The van der Waals surface area contributed by atoms with E-state index in [1.165, 1.54) is 0 Å². The first-order valence-corrected chi connectivity index (χ1v) is 5.32. The number of aliphatic hydroxyl groups is 1. The molecule has 72 valence electrons. The lowest BCUT2D eigenvalue weighted by atomic mass is 9.94. The van der Waals surface area contributed by atoms with Gasteiger partial charge in [-0.3, -0.25) is 4.79 Å². The fourth-order valence-electron chi connectivity index (χ4n) is 0.578. The maximum atomic E-state index is 11.3. The van der Waals surface area contributed by atoms with Crippen molar-refractivity contribution >= 4 is 17.7 Å². The third-order valence-electron chi connectivity index (χ3n) is 1.60. The van der Waals surface area contributed by atoms with Crippen LogP contribution < -0.4 is 5.32 Å². The Morgan fingerprint density at radius 1 is 1.58 bits per heavy atom. The molecule has 0 saturated heterocycles. The summed E-state index contributed by atoms with van der Waals surface area (Å²) in [6.45, 7) is 4.00. The molecule has 0 aliphatic carbocycles. The minimum Gasteiger partial charge on any atom is -0.395 e. The summed E-state index contributed by atoms with van der Waals surface area (Å²) in [5.41, 5.74) is -0.654. The van der Waals surface area contributed by atoms with Crippen LogP contribution in [0, 0.1) is 5.41 Å². The van der Waals surface area contributed by atoms with Crippen LogP contribution in [0.1, 0.15) is 13.8 Å². The zero-order valence-corrected chi connectivity index (χ0v) is 8.70. The Kier molecular flexibility index (Phi) is 5.33. The highest BCUT2D eigenvalue weighted by atomic mass is 32.2. The highest BCUT2D eigenvalue weighted by Crippen LogP contribution is 2.12. The third kappa shape index (κ3) is 3.97. The van der Waals surface area contributed by atoms with Crippen LogP contribution in [0.25, 0.3) is 0 Å². The average molecular weight is 191 g/mol. The smallest absolute Gasteiger partial charge is 0.228 e. The zero-order valence-electron chi connectivity index (χ0n) is 7.89. The van der Waals surface area contributed by atoms with E-state index in [1.807, 2.05) is 6.26 Å². The van der Waals surface area contributed by atoms with E-state index in [4.69, 9.17) is 5.11 Å². The number of hydrogen-bond donors (Lipinski definition) is 2. The second-order valence-corrected chi connectivity index (χ2v) is 4.28. The number of nitrogens with one attached hydrogen (secondary N) is 1. The van der Waals surface area contributed by atoms with Gasteiger partial charge < -0.3 is 10.4 Å². The predicted molar refractivity (Wildman–Crippen MR) is 52.3 cm³/mol. The first-order valence-electron chi connectivity index (χ1n) is 3.92. The van der Waals surface area contributed by atoms with E-state index in [9.17, 15) is 4.79 Å². The van der Waals surface area contributed by atoms with Gasteiger partial charge in [0.05, 0.1) is 12.0 Å². The molecular formula is C8H17NO2S. The van der Waals surface area contributed by atoms with Gasteiger partial charge in [-0.15, -0.1) is 0 Å².